The van der Waals surface area contributed by atoms with Gasteiger partial charge in [0, 0.05) is 6.92 Å². The van der Waals surface area contributed by atoms with Crippen molar-refractivity contribution in [2.45, 2.75) is 13.0 Å². The van der Waals surface area contributed by atoms with E-state index in [1.54, 1.807) is 0 Å². The molecule has 0 amide bonds. The zero-order valence-electron chi connectivity index (χ0n) is 2.99. The average Bonchev–Trinajstić information content (AvgIpc) is 0.811. The van der Waals surface area contributed by atoms with Crippen molar-refractivity contribution in [1.29, 1.82) is 0 Å². The Labute approximate surface area is 26.8 Å². The van der Waals surface area contributed by atoms with Crippen molar-refractivity contribution < 1.29 is 5.73 Å². The molecule has 1 atom stereocenters. The molecule has 1 nitrogen and oxygen atoms in total. The van der Waals surface area contributed by atoms with Crippen molar-refractivity contribution in [3.05, 3.63) is 6.92 Å². The Kier molecular flexibility index (Phi) is 1.28. The fourth-order valence-corrected chi connectivity index (χ4v) is 0. The lowest BCUT2D eigenvalue weighted by molar-refractivity contribution is -0.398. The minimum Gasteiger partial charge on any atom is -0.355 e. The van der Waals surface area contributed by atoms with Crippen LogP contribution >= 0.6 is 0 Å². The van der Waals surface area contributed by atoms with E-state index in [1.165, 1.54) is 0 Å². The van der Waals surface area contributed by atoms with E-state index in [-0.39, 0.29) is 0 Å². The summed E-state index contributed by atoms with van der Waals surface area (Å²) < 4.78 is 0. The first-order valence-corrected chi connectivity index (χ1v) is 1.39. The van der Waals surface area contributed by atoms with Crippen LogP contribution in [0.1, 0.15) is 6.92 Å². The molecule has 0 saturated carbocycles. The summed E-state index contributed by atoms with van der Waals surface area (Å²) >= 11 is 0. The topological polar surface area (TPSA) is 27.6 Å². The summed E-state index contributed by atoms with van der Waals surface area (Å²) in [4.78, 5) is 0. The Bertz CT molecular complexity index is 8.00. The fraction of sp³-hybridized carbons (Fsp3) is 0.667. The van der Waals surface area contributed by atoms with Gasteiger partial charge in [0.25, 0.3) is 0 Å². The number of hydrogen-bond donors (Lipinski definition) is 1. The third kappa shape index (κ3) is 1130. The van der Waals surface area contributed by atoms with Crippen molar-refractivity contribution in [3.8, 4) is 0 Å². The summed E-state index contributed by atoms with van der Waals surface area (Å²) in [5.74, 6) is 0. The van der Waals surface area contributed by atoms with Crippen molar-refractivity contribution in [1.82, 2.24) is 0 Å². The molecule has 1 radical (unpaired) electrons. The Morgan fingerprint density at radius 1 is 2.00 bits per heavy atom. The second-order valence-electron chi connectivity index (χ2n) is 1.11. The molecule has 0 saturated heterocycles. The highest BCUT2D eigenvalue weighted by atomic mass is 14.6. The lowest BCUT2D eigenvalue weighted by Gasteiger charge is -1.76. The standard InChI is InChI=1S/C3H8N/c1-3(2)4/h3H,1,4H2,2H3/p+1. The first-order valence-electron chi connectivity index (χ1n) is 1.39. The lowest BCUT2D eigenvalue weighted by atomic mass is 10.5. The first kappa shape index (κ1) is 3.96. The van der Waals surface area contributed by atoms with Crippen LogP contribution in [0.25, 0.3) is 0 Å². The Hall–Kier alpha value is -0.0400. The molecule has 3 N–H and O–H groups in total. The molecule has 0 aromatic rings. The van der Waals surface area contributed by atoms with Gasteiger partial charge in [-0.15, -0.1) is 0 Å². The summed E-state index contributed by atoms with van der Waals surface area (Å²) in [7, 11) is 0. The van der Waals surface area contributed by atoms with Gasteiger partial charge in [-0.05, 0) is 6.92 Å². The van der Waals surface area contributed by atoms with E-state index >= 15 is 0 Å². The molecule has 0 rings (SSSR count). The molecule has 0 aromatic carbocycles. The van der Waals surface area contributed by atoms with Crippen molar-refractivity contribution in [2.75, 3.05) is 0 Å². The molecule has 0 aliphatic heterocycles. The van der Waals surface area contributed by atoms with E-state index in [0.717, 1.165) is 0 Å². The highest BCUT2D eigenvalue weighted by Crippen LogP contribution is 1.51. The predicted molar refractivity (Wildman–Crippen MR) is 17.7 cm³/mol. The maximum atomic E-state index is 3.53. The number of rotatable bonds is 0. The second-order valence-corrected chi connectivity index (χ2v) is 1.11. The normalized spacial score (nSPS) is 9.00. The zero-order valence-corrected chi connectivity index (χ0v) is 2.99. The molecule has 1 heteroatoms. The lowest BCUT2D eigenvalue weighted by Crippen LogP contribution is -2.57. The molecule has 0 aliphatic rings. The van der Waals surface area contributed by atoms with Crippen molar-refractivity contribution in [2.24, 2.45) is 0 Å². The maximum Gasteiger partial charge on any atom is 0.0817 e. The Balaban J connectivity index is 2.32. The maximum absolute atomic E-state index is 3.53. The predicted octanol–water partition coefficient (Wildman–Crippen LogP) is -0.549. The summed E-state index contributed by atoms with van der Waals surface area (Å²) in [6.45, 7) is 5.47. The zero-order chi connectivity index (χ0) is 3.58. The first-order chi connectivity index (χ1) is 1.73. The van der Waals surface area contributed by atoms with Gasteiger partial charge in [0.1, 0.15) is 0 Å². The van der Waals surface area contributed by atoms with Gasteiger partial charge in [0.2, 0.25) is 0 Å². The number of hydrogen-bond acceptors (Lipinski definition) is 0. The van der Waals surface area contributed by atoms with Crippen LogP contribution < -0.4 is 5.73 Å². The summed E-state index contributed by atoms with van der Waals surface area (Å²) in [6, 6.07) is 0.333. The molecule has 0 aromatic heterocycles. The van der Waals surface area contributed by atoms with Crippen LogP contribution in [-0.2, 0) is 0 Å². The highest BCUT2D eigenvalue weighted by molar-refractivity contribution is 4.38. The molecule has 1 unspecified atom stereocenters. The van der Waals surface area contributed by atoms with Crippen LogP contribution in [0.5, 0.6) is 0 Å². The van der Waals surface area contributed by atoms with Gasteiger partial charge in [-0.2, -0.15) is 0 Å². The van der Waals surface area contributed by atoms with Crippen LogP contribution in [-0.4, -0.2) is 6.04 Å². The smallest absolute Gasteiger partial charge is 0.0817 e. The summed E-state index contributed by atoms with van der Waals surface area (Å²) in [6.07, 6.45) is 0. The third-order valence-electron chi connectivity index (χ3n) is 0. The average molecular weight is 59.1 g/mol. The quantitative estimate of drug-likeness (QED) is 0.388. The van der Waals surface area contributed by atoms with Crippen molar-refractivity contribution in [3.63, 3.8) is 0 Å². The van der Waals surface area contributed by atoms with E-state index in [2.05, 4.69) is 12.7 Å². The number of quaternary nitrogens is 1. The van der Waals surface area contributed by atoms with Crippen LogP contribution in [0.15, 0.2) is 0 Å². The van der Waals surface area contributed by atoms with Crippen LogP contribution in [0.3, 0.4) is 0 Å². The molecule has 0 bridgehead atoms. The minimum absolute atomic E-state index is 0.333. The third-order valence-corrected chi connectivity index (χ3v) is 0. The van der Waals surface area contributed by atoms with Gasteiger partial charge in [-0.25, -0.2) is 0 Å². The van der Waals surface area contributed by atoms with Crippen LogP contribution in [0.4, 0.5) is 0 Å². The van der Waals surface area contributed by atoms with Gasteiger partial charge in [-0.3, -0.25) is 0 Å². The van der Waals surface area contributed by atoms with Gasteiger partial charge >= 0.3 is 0 Å². The minimum atomic E-state index is 0.333. The van der Waals surface area contributed by atoms with E-state index in [9.17, 15) is 0 Å². The van der Waals surface area contributed by atoms with Gasteiger partial charge in [0.05, 0.1) is 6.04 Å². The largest absolute Gasteiger partial charge is 0.355 e. The van der Waals surface area contributed by atoms with Crippen LogP contribution in [0, 0.1) is 6.92 Å². The monoisotopic (exact) mass is 59.1 g/mol. The van der Waals surface area contributed by atoms with E-state index in [4.69, 9.17) is 0 Å². The molecule has 0 aliphatic carbocycles. The van der Waals surface area contributed by atoms with Gasteiger partial charge < -0.3 is 5.73 Å². The second kappa shape index (κ2) is 1.30. The Morgan fingerprint density at radius 2 is 2.00 bits per heavy atom. The van der Waals surface area contributed by atoms with Gasteiger partial charge in [-0.1, -0.05) is 0 Å². The van der Waals surface area contributed by atoms with E-state index < -0.39 is 0 Å². The molecule has 0 heterocycles. The fourth-order valence-electron chi connectivity index (χ4n) is 0. The van der Waals surface area contributed by atoms with E-state index in [1.807, 2.05) is 6.92 Å². The molecule has 25 valence electrons. The molecule has 0 spiro atoms. The molecular formula is C3H9N+. The van der Waals surface area contributed by atoms with Crippen LogP contribution in [0.2, 0.25) is 0 Å². The summed E-state index contributed by atoms with van der Waals surface area (Å²) in [5, 5.41) is 0. The molecular weight excluding hydrogens is 50.0 g/mol. The Morgan fingerprint density at radius 3 is 2.00 bits per heavy atom. The highest BCUT2D eigenvalue weighted by Gasteiger charge is 1.72. The molecule has 4 heavy (non-hydrogen) atoms. The summed E-state index contributed by atoms with van der Waals surface area (Å²) in [5.41, 5.74) is 3.53. The molecule has 0 fully saturated rings. The van der Waals surface area contributed by atoms with Crippen molar-refractivity contribution >= 4 is 0 Å². The SMILES string of the molecule is [CH2]C(C)[NH3+]. The van der Waals surface area contributed by atoms with E-state index in [0.29, 0.717) is 6.04 Å². The van der Waals surface area contributed by atoms with Gasteiger partial charge in [0.15, 0.2) is 0 Å².